The highest BCUT2D eigenvalue weighted by molar-refractivity contribution is 5.86. The van der Waals surface area contributed by atoms with Crippen molar-refractivity contribution in [1.29, 1.82) is 0 Å². The summed E-state index contributed by atoms with van der Waals surface area (Å²) in [6, 6.07) is 0. The van der Waals surface area contributed by atoms with E-state index in [-0.39, 0.29) is 34.1 Å². The van der Waals surface area contributed by atoms with Crippen LogP contribution in [0.4, 0.5) is 0 Å². The maximum Gasteiger partial charge on any atom is 0.207 e. The highest BCUT2D eigenvalue weighted by Gasteiger charge is 2.22. The van der Waals surface area contributed by atoms with Crippen LogP contribution in [0.2, 0.25) is 0 Å². The number of methoxy groups -OCH3 is 2. The van der Waals surface area contributed by atoms with E-state index in [0.717, 1.165) is 0 Å². The molecule has 15 heavy (non-hydrogen) atoms. The zero-order chi connectivity index (χ0) is 11.6. The first kappa shape index (κ1) is 11.2. The van der Waals surface area contributed by atoms with E-state index in [4.69, 9.17) is 9.47 Å². The fourth-order valence-electron chi connectivity index (χ4n) is 1.34. The molecule has 0 heterocycles. The van der Waals surface area contributed by atoms with Gasteiger partial charge in [0.15, 0.2) is 17.8 Å². The summed E-state index contributed by atoms with van der Waals surface area (Å²) in [6.45, 7) is 1.50. The van der Waals surface area contributed by atoms with Crippen LogP contribution in [0, 0.1) is 6.92 Å². The summed E-state index contributed by atoms with van der Waals surface area (Å²) in [6.07, 6.45) is 0.451. The molecule has 0 unspecified atom stereocenters. The molecule has 0 bridgehead atoms. The zero-order valence-electron chi connectivity index (χ0n) is 8.70. The number of carbonyl (C=O) groups excluding carboxylic acids is 1. The number of phenols is 2. The van der Waals surface area contributed by atoms with Gasteiger partial charge in [-0.2, -0.15) is 0 Å². The molecule has 0 saturated carbocycles. The van der Waals surface area contributed by atoms with Crippen molar-refractivity contribution < 1.29 is 24.5 Å². The van der Waals surface area contributed by atoms with Crippen LogP contribution >= 0.6 is 0 Å². The molecule has 0 amide bonds. The van der Waals surface area contributed by atoms with E-state index in [1.165, 1.54) is 21.1 Å². The van der Waals surface area contributed by atoms with Gasteiger partial charge in [-0.25, -0.2) is 0 Å². The lowest BCUT2D eigenvalue weighted by molar-refractivity contribution is 0.111. The minimum atomic E-state index is -0.334. The Kier molecular flexibility index (Phi) is 3.04. The average molecular weight is 212 g/mol. The number of phenolic OH excluding ortho intramolecular Hbond substituents is 2. The van der Waals surface area contributed by atoms with Gasteiger partial charge in [0.1, 0.15) is 0 Å². The van der Waals surface area contributed by atoms with Crippen LogP contribution in [0.3, 0.4) is 0 Å². The molecule has 2 N–H and O–H groups in total. The lowest BCUT2D eigenvalue weighted by Gasteiger charge is -2.14. The smallest absolute Gasteiger partial charge is 0.207 e. The first-order chi connectivity index (χ1) is 7.08. The van der Waals surface area contributed by atoms with Gasteiger partial charge in [0.05, 0.1) is 19.8 Å². The zero-order valence-corrected chi connectivity index (χ0v) is 8.70. The van der Waals surface area contributed by atoms with Crippen molar-refractivity contribution in [3.63, 3.8) is 0 Å². The van der Waals surface area contributed by atoms with Crippen LogP contribution in [0.5, 0.6) is 23.0 Å². The Morgan fingerprint density at radius 2 is 1.53 bits per heavy atom. The molecule has 0 saturated heterocycles. The van der Waals surface area contributed by atoms with Gasteiger partial charge in [0.25, 0.3) is 0 Å². The summed E-state index contributed by atoms with van der Waals surface area (Å²) in [5.41, 5.74) is 0.241. The molecule has 82 valence electrons. The normalized spacial score (nSPS) is 9.80. The molecule has 0 spiro atoms. The van der Waals surface area contributed by atoms with Gasteiger partial charge in [-0.05, 0) is 6.92 Å². The Hall–Kier alpha value is -1.91. The molecule has 0 radical (unpaired) electrons. The predicted octanol–water partition coefficient (Wildman–Crippen LogP) is 1.24. The molecule has 0 aliphatic heterocycles. The second kappa shape index (κ2) is 4.08. The van der Waals surface area contributed by atoms with Gasteiger partial charge in [-0.1, -0.05) is 0 Å². The Morgan fingerprint density at radius 3 is 1.93 bits per heavy atom. The monoisotopic (exact) mass is 212 g/mol. The molecule has 1 aromatic carbocycles. The highest BCUT2D eigenvalue weighted by atomic mass is 16.5. The van der Waals surface area contributed by atoms with E-state index in [1.807, 2.05) is 0 Å². The highest BCUT2D eigenvalue weighted by Crippen LogP contribution is 2.47. The van der Waals surface area contributed by atoms with E-state index in [0.29, 0.717) is 6.29 Å². The van der Waals surface area contributed by atoms with Crippen molar-refractivity contribution in [2.45, 2.75) is 6.92 Å². The second-order valence-electron chi connectivity index (χ2n) is 2.92. The number of aromatic hydroxyl groups is 2. The van der Waals surface area contributed by atoms with Crippen LogP contribution in [-0.4, -0.2) is 30.7 Å². The molecule has 0 fully saturated rings. The minimum Gasteiger partial charge on any atom is -0.504 e. The standard InChI is InChI=1S/C10H12O5/c1-5-6(4-11)8(13)10(15-3)9(14-2)7(5)12/h4,12-13H,1-3H3. The van der Waals surface area contributed by atoms with Crippen molar-refractivity contribution in [1.82, 2.24) is 0 Å². The van der Waals surface area contributed by atoms with Crippen molar-refractivity contribution in [3.05, 3.63) is 11.1 Å². The van der Waals surface area contributed by atoms with Crippen LogP contribution in [0.15, 0.2) is 0 Å². The first-order valence-electron chi connectivity index (χ1n) is 4.20. The molecule has 5 heteroatoms. The third kappa shape index (κ3) is 1.56. The topological polar surface area (TPSA) is 76.0 Å². The van der Waals surface area contributed by atoms with Crippen LogP contribution in [0.1, 0.15) is 15.9 Å². The molecular weight excluding hydrogens is 200 g/mol. The van der Waals surface area contributed by atoms with E-state index in [9.17, 15) is 15.0 Å². The third-order valence-corrected chi connectivity index (χ3v) is 2.18. The van der Waals surface area contributed by atoms with Gasteiger partial charge in [0.2, 0.25) is 11.5 Å². The number of benzene rings is 1. The lowest BCUT2D eigenvalue weighted by atomic mass is 10.1. The summed E-state index contributed by atoms with van der Waals surface area (Å²) in [5, 5.41) is 19.3. The third-order valence-electron chi connectivity index (χ3n) is 2.18. The molecule has 0 aliphatic rings. The number of hydrogen-bond acceptors (Lipinski definition) is 5. The number of carbonyl (C=O) groups is 1. The molecular formula is C10H12O5. The number of rotatable bonds is 3. The Labute approximate surface area is 86.9 Å². The Morgan fingerprint density at radius 1 is 1.07 bits per heavy atom. The summed E-state index contributed by atoms with van der Waals surface area (Å²) in [5.74, 6) is -0.588. The lowest BCUT2D eigenvalue weighted by Crippen LogP contribution is -1.97. The number of ether oxygens (including phenoxy) is 2. The average Bonchev–Trinajstić information content (AvgIpc) is 2.23. The summed E-state index contributed by atoms with van der Waals surface area (Å²) >= 11 is 0. The van der Waals surface area contributed by atoms with Crippen molar-refractivity contribution in [2.75, 3.05) is 14.2 Å². The SMILES string of the molecule is COc1c(O)c(C)c(C=O)c(O)c1OC. The molecule has 0 aliphatic carbocycles. The largest absolute Gasteiger partial charge is 0.504 e. The first-order valence-corrected chi connectivity index (χ1v) is 4.20. The van der Waals surface area contributed by atoms with E-state index < -0.39 is 0 Å². The van der Waals surface area contributed by atoms with E-state index >= 15 is 0 Å². The molecule has 0 atom stereocenters. The van der Waals surface area contributed by atoms with E-state index in [2.05, 4.69) is 0 Å². The molecule has 5 nitrogen and oxygen atoms in total. The van der Waals surface area contributed by atoms with Gasteiger partial charge >= 0.3 is 0 Å². The maximum absolute atomic E-state index is 10.7. The fourth-order valence-corrected chi connectivity index (χ4v) is 1.34. The van der Waals surface area contributed by atoms with Crippen LogP contribution < -0.4 is 9.47 Å². The van der Waals surface area contributed by atoms with Crippen LogP contribution in [-0.2, 0) is 0 Å². The van der Waals surface area contributed by atoms with Gasteiger partial charge in [0, 0.05) is 5.56 Å². The van der Waals surface area contributed by atoms with E-state index in [1.54, 1.807) is 0 Å². The fraction of sp³-hybridized carbons (Fsp3) is 0.300. The second-order valence-corrected chi connectivity index (χ2v) is 2.92. The Balaban J connectivity index is 3.64. The van der Waals surface area contributed by atoms with Crippen molar-refractivity contribution in [2.24, 2.45) is 0 Å². The van der Waals surface area contributed by atoms with Crippen molar-refractivity contribution in [3.8, 4) is 23.0 Å². The predicted molar refractivity (Wildman–Crippen MR) is 53.0 cm³/mol. The number of hydrogen-bond donors (Lipinski definition) is 2. The van der Waals surface area contributed by atoms with Crippen molar-refractivity contribution >= 4 is 6.29 Å². The molecule has 1 rings (SSSR count). The minimum absolute atomic E-state index is 0.00912. The number of aldehydes is 1. The maximum atomic E-state index is 10.7. The molecule has 1 aromatic rings. The quantitative estimate of drug-likeness (QED) is 0.582. The van der Waals surface area contributed by atoms with Gasteiger partial charge < -0.3 is 19.7 Å². The molecule has 0 aromatic heterocycles. The Bertz CT molecular complexity index is 398. The summed E-state index contributed by atoms with van der Waals surface area (Å²) in [4.78, 5) is 10.7. The van der Waals surface area contributed by atoms with Gasteiger partial charge in [-0.3, -0.25) is 4.79 Å². The summed E-state index contributed by atoms with van der Waals surface area (Å²) < 4.78 is 9.73. The summed E-state index contributed by atoms with van der Waals surface area (Å²) in [7, 11) is 2.64. The van der Waals surface area contributed by atoms with Gasteiger partial charge in [-0.15, -0.1) is 0 Å². The van der Waals surface area contributed by atoms with Crippen LogP contribution in [0.25, 0.3) is 0 Å².